The van der Waals surface area contributed by atoms with E-state index in [2.05, 4.69) is 59.8 Å². The predicted octanol–water partition coefficient (Wildman–Crippen LogP) is 8.76. The van der Waals surface area contributed by atoms with Gasteiger partial charge in [0.15, 0.2) is 0 Å². The third kappa shape index (κ3) is 13.0. The molecule has 0 saturated carbocycles. The molecule has 1 heteroatoms. The first kappa shape index (κ1) is 24.8. The van der Waals surface area contributed by atoms with Crippen LogP contribution in [0.5, 0.6) is 5.75 Å². The lowest BCUT2D eigenvalue weighted by molar-refractivity contribution is 0.361. The maximum atomic E-state index is 5.80. The van der Waals surface area contributed by atoms with Crippen molar-refractivity contribution in [3.8, 4) is 5.75 Å². The van der Waals surface area contributed by atoms with Crippen LogP contribution in [0.15, 0.2) is 35.9 Å². The molecule has 0 heterocycles. The Bertz CT molecular complexity index is 526. The average molecular weight is 387 g/mol. The Morgan fingerprint density at radius 2 is 1.36 bits per heavy atom. The van der Waals surface area contributed by atoms with Gasteiger partial charge in [-0.2, -0.15) is 0 Å². The number of rotatable bonds is 15. The Morgan fingerprint density at radius 3 is 1.93 bits per heavy atom. The number of ether oxygens (including phenoxy) is 1. The van der Waals surface area contributed by atoms with Crippen LogP contribution < -0.4 is 4.74 Å². The molecule has 0 aliphatic heterocycles. The van der Waals surface area contributed by atoms with Gasteiger partial charge in [-0.05, 0) is 62.7 Å². The van der Waals surface area contributed by atoms with Crippen molar-refractivity contribution >= 4 is 0 Å². The van der Waals surface area contributed by atoms with Crippen molar-refractivity contribution in [1.82, 2.24) is 0 Å². The Hall–Kier alpha value is -1.24. The molecule has 2 atom stereocenters. The zero-order valence-corrected chi connectivity index (χ0v) is 19.6. The molecule has 28 heavy (non-hydrogen) atoms. The topological polar surface area (TPSA) is 9.23 Å². The molecule has 1 aromatic rings. The maximum Gasteiger partial charge on any atom is 0.119 e. The first-order valence-corrected chi connectivity index (χ1v) is 11.7. The third-order valence-corrected chi connectivity index (χ3v) is 5.84. The molecular formula is C27H46O. The standard InChI is InChI=1S/C27H46O/c1-22(2)10-7-11-23(3)12-8-13-24(4)14-9-15-25(5)20-21-28-27-18-16-26(6)17-19-27/h16-20,22-24H,7-15,21H2,1-6H3/b25-20+. The summed E-state index contributed by atoms with van der Waals surface area (Å²) in [6, 6.07) is 8.29. The molecular weight excluding hydrogens is 340 g/mol. The summed E-state index contributed by atoms with van der Waals surface area (Å²) in [5.74, 6) is 3.59. The van der Waals surface area contributed by atoms with E-state index in [-0.39, 0.29) is 0 Å². The molecule has 2 unspecified atom stereocenters. The average Bonchev–Trinajstić information content (AvgIpc) is 2.63. The number of hydrogen-bond donors (Lipinski definition) is 0. The number of hydrogen-bond acceptors (Lipinski definition) is 1. The molecule has 0 amide bonds. The lowest BCUT2D eigenvalue weighted by Crippen LogP contribution is -2.00. The minimum atomic E-state index is 0.680. The summed E-state index contributed by atoms with van der Waals surface area (Å²) >= 11 is 0. The summed E-state index contributed by atoms with van der Waals surface area (Å²) in [5, 5.41) is 0. The lowest BCUT2D eigenvalue weighted by atomic mass is 9.91. The lowest BCUT2D eigenvalue weighted by Gasteiger charge is -2.15. The van der Waals surface area contributed by atoms with E-state index in [1.165, 1.54) is 68.9 Å². The number of aryl methyl sites for hydroxylation is 1. The van der Waals surface area contributed by atoms with Crippen LogP contribution in [0.4, 0.5) is 0 Å². The van der Waals surface area contributed by atoms with Gasteiger partial charge in [0, 0.05) is 0 Å². The Kier molecular flexibility index (Phi) is 13.0. The van der Waals surface area contributed by atoms with Crippen LogP contribution in [0.2, 0.25) is 0 Å². The minimum Gasteiger partial charge on any atom is -0.490 e. The van der Waals surface area contributed by atoms with Crippen LogP contribution >= 0.6 is 0 Å². The summed E-state index contributed by atoms with van der Waals surface area (Å²) in [5.41, 5.74) is 2.73. The second kappa shape index (κ2) is 14.7. The highest BCUT2D eigenvalue weighted by Gasteiger charge is 2.06. The maximum absolute atomic E-state index is 5.80. The zero-order valence-electron chi connectivity index (χ0n) is 19.6. The van der Waals surface area contributed by atoms with Crippen molar-refractivity contribution < 1.29 is 4.74 Å². The quantitative estimate of drug-likeness (QED) is 0.274. The Morgan fingerprint density at radius 1 is 0.821 bits per heavy atom. The van der Waals surface area contributed by atoms with E-state index in [4.69, 9.17) is 4.74 Å². The van der Waals surface area contributed by atoms with Gasteiger partial charge in [0.1, 0.15) is 12.4 Å². The molecule has 1 rings (SSSR count). The van der Waals surface area contributed by atoms with E-state index >= 15 is 0 Å². The van der Waals surface area contributed by atoms with Gasteiger partial charge in [-0.3, -0.25) is 0 Å². The number of benzene rings is 1. The molecule has 0 fully saturated rings. The fraction of sp³-hybridized carbons (Fsp3) is 0.704. The van der Waals surface area contributed by atoms with Crippen molar-refractivity contribution in [1.29, 1.82) is 0 Å². The molecule has 0 N–H and O–H groups in total. The Labute approximate surface area is 176 Å². The van der Waals surface area contributed by atoms with Crippen LogP contribution in [0, 0.1) is 24.7 Å². The largest absolute Gasteiger partial charge is 0.490 e. The smallest absolute Gasteiger partial charge is 0.119 e. The first-order valence-electron chi connectivity index (χ1n) is 11.7. The van der Waals surface area contributed by atoms with Gasteiger partial charge in [-0.1, -0.05) is 95.9 Å². The van der Waals surface area contributed by atoms with Gasteiger partial charge < -0.3 is 4.74 Å². The molecule has 1 nitrogen and oxygen atoms in total. The summed E-state index contributed by atoms with van der Waals surface area (Å²) in [7, 11) is 0. The van der Waals surface area contributed by atoms with E-state index in [0.717, 1.165) is 23.5 Å². The molecule has 0 saturated heterocycles. The van der Waals surface area contributed by atoms with Gasteiger partial charge in [0.2, 0.25) is 0 Å². The van der Waals surface area contributed by atoms with E-state index in [1.54, 1.807) is 0 Å². The second-order valence-corrected chi connectivity index (χ2v) is 9.53. The van der Waals surface area contributed by atoms with Crippen molar-refractivity contribution in [2.75, 3.05) is 6.61 Å². The van der Waals surface area contributed by atoms with Crippen LogP contribution in [0.1, 0.15) is 98.0 Å². The SMILES string of the molecule is C/C(=C\COc1ccc(C)cc1)CCCC(C)CCCC(C)CCCC(C)C. The van der Waals surface area contributed by atoms with E-state index in [9.17, 15) is 0 Å². The van der Waals surface area contributed by atoms with Gasteiger partial charge in [0.05, 0.1) is 0 Å². The molecule has 0 aliphatic carbocycles. The van der Waals surface area contributed by atoms with Gasteiger partial charge >= 0.3 is 0 Å². The molecule has 0 aromatic heterocycles. The molecule has 0 radical (unpaired) electrons. The fourth-order valence-corrected chi connectivity index (χ4v) is 3.72. The second-order valence-electron chi connectivity index (χ2n) is 9.53. The monoisotopic (exact) mass is 386 g/mol. The molecule has 0 aliphatic rings. The van der Waals surface area contributed by atoms with Gasteiger partial charge in [-0.25, -0.2) is 0 Å². The van der Waals surface area contributed by atoms with Crippen LogP contribution in [0.3, 0.4) is 0 Å². The van der Waals surface area contributed by atoms with E-state index in [1.807, 2.05) is 12.1 Å². The molecule has 160 valence electrons. The van der Waals surface area contributed by atoms with Gasteiger partial charge in [-0.15, -0.1) is 0 Å². The summed E-state index contributed by atoms with van der Waals surface area (Å²) < 4.78 is 5.80. The summed E-state index contributed by atoms with van der Waals surface area (Å²) in [6.45, 7) is 14.6. The number of allylic oxidation sites excluding steroid dienone is 1. The summed E-state index contributed by atoms with van der Waals surface area (Å²) in [4.78, 5) is 0. The summed E-state index contributed by atoms with van der Waals surface area (Å²) in [6.07, 6.45) is 14.5. The zero-order chi connectivity index (χ0) is 20.8. The minimum absolute atomic E-state index is 0.680. The highest BCUT2D eigenvalue weighted by Crippen LogP contribution is 2.22. The fourth-order valence-electron chi connectivity index (χ4n) is 3.72. The van der Waals surface area contributed by atoms with Crippen LogP contribution in [0.25, 0.3) is 0 Å². The van der Waals surface area contributed by atoms with E-state index in [0.29, 0.717) is 6.61 Å². The highest BCUT2D eigenvalue weighted by molar-refractivity contribution is 5.26. The van der Waals surface area contributed by atoms with Crippen molar-refractivity contribution in [3.63, 3.8) is 0 Å². The highest BCUT2D eigenvalue weighted by atomic mass is 16.5. The van der Waals surface area contributed by atoms with Gasteiger partial charge in [0.25, 0.3) is 0 Å². The third-order valence-electron chi connectivity index (χ3n) is 5.84. The molecule has 1 aromatic carbocycles. The molecule has 0 spiro atoms. The molecule has 0 bridgehead atoms. The normalized spacial score (nSPS) is 14.3. The van der Waals surface area contributed by atoms with E-state index < -0.39 is 0 Å². The first-order chi connectivity index (χ1) is 13.4. The van der Waals surface area contributed by atoms with Crippen molar-refractivity contribution in [2.24, 2.45) is 17.8 Å². The Balaban J connectivity index is 2.06. The van der Waals surface area contributed by atoms with Crippen molar-refractivity contribution in [2.45, 2.75) is 99.3 Å². The van der Waals surface area contributed by atoms with Crippen molar-refractivity contribution in [3.05, 3.63) is 41.5 Å². The van der Waals surface area contributed by atoms with Crippen LogP contribution in [-0.2, 0) is 0 Å². The van der Waals surface area contributed by atoms with Crippen LogP contribution in [-0.4, -0.2) is 6.61 Å². The predicted molar refractivity (Wildman–Crippen MR) is 125 cm³/mol.